The molecule has 1 saturated heterocycles. The molecule has 4 rings (SSSR count). The van der Waals surface area contributed by atoms with E-state index in [-0.39, 0.29) is 0 Å². The summed E-state index contributed by atoms with van der Waals surface area (Å²) in [4.78, 5) is 8.50. The Balaban J connectivity index is 1.96. The molecule has 1 aliphatic heterocycles. The van der Waals surface area contributed by atoms with Gasteiger partial charge in [0.05, 0.1) is 18.3 Å². The highest BCUT2D eigenvalue weighted by Gasteiger charge is 2.20. The Morgan fingerprint density at radius 2 is 2.00 bits per heavy atom. The predicted octanol–water partition coefficient (Wildman–Crippen LogP) is 4.96. The van der Waals surface area contributed by atoms with E-state index < -0.39 is 0 Å². The van der Waals surface area contributed by atoms with Gasteiger partial charge in [0.15, 0.2) is 0 Å². The van der Waals surface area contributed by atoms with Gasteiger partial charge in [-0.25, -0.2) is 0 Å². The molecule has 0 amide bonds. The molecule has 3 aromatic rings. The summed E-state index contributed by atoms with van der Waals surface area (Å²) in [6, 6.07) is 10.5. The monoisotopic (exact) mass is 324 g/mol. The van der Waals surface area contributed by atoms with E-state index in [2.05, 4.69) is 34.5 Å². The number of benzene rings is 1. The molecule has 23 heavy (non-hydrogen) atoms. The smallest absolute Gasteiger partial charge is 0.119 e. The van der Waals surface area contributed by atoms with Gasteiger partial charge in [0, 0.05) is 35.1 Å². The highest BCUT2D eigenvalue weighted by molar-refractivity contribution is 7.13. The van der Waals surface area contributed by atoms with Gasteiger partial charge in [0.1, 0.15) is 5.75 Å². The minimum atomic E-state index is 0.890. The number of hydrogen-bond acceptors (Lipinski definition) is 4. The Morgan fingerprint density at radius 1 is 1.13 bits per heavy atom. The van der Waals surface area contributed by atoms with Crippen LogP contribution in [0.4, 0.5) is 5.69 Å². The maximum atomic E-state index is 5.45. The normalized spacial score (nSPS) is 15.1. The van der Waals surface area contributed by atoms with Gasteiger partial charge in [-0.15, -0.1) is 11.3 Å². The first-order valence-corrected chi connectivity index (χ1v) is 9.00. The van der Waals surface area contributed by atoms with Gasteiger partial charge in [-0.05, 0) is 48.9 Å². The first-order valence-electron chi connectivity index (χ1n) is 8.12. The third-order valence-corrected chi connectivity index (χ3v) is 5.41. The number of aromatic nitrogens is 1. The van der Waals surface area contributed by atoms with Gasteiger partial charge in [-0.2, -0.15) is 0 Å². The van der Waals surface area contributed by atoms with Crippen molar-refractivity contribution in [2.45, 2.75) is 19.3 Å². The van der Waals surface area contributed by atoms with Crippen molar-refractivity contribution < 1.29 is 4.74 Å². The molecule has 4 heteroatoms. The number of methoxy groups -OCH3 is 1. The summed E-state index contributed by atoms with van der Waals surface area (Å²) < 4.78 is 5.45. The van der Waals surface area contributed by atoms with E-state index in [0.29, 0.717) is 0 Å². The second kappa shape index (κ2) is 6.20. The third kappa shape index (κ3) is 2.68. The van der Waals surface area contributed by atoms with Crippen LogP contribution in [0.3, 0.4) is 0 Å². The molecule has 3 nitrogen and oxygen atoms in total. The van der Waals surface area contributed by atoms with Crippen LogP contribution in [0.25, 0.3) is 21.3 Å². The molecular weight excluding hydrogens is 304 g/mol. The second-order valence-electron chi connectivity index (χ2n) is 5.93. The molecule has 1 aliphatic rings. The van der Waals surface area contributed by atoms with Crippen LogP contribution in [0.5, 0.6) is 5.75 Å². The van der Waals surface area contributed by atoms with Crippen LogP contribution in [0.15, 0.2) is 41.9 Å². The summed E-state index contributed by atoms with van der Waals surface area (Å²) in [6.07, 6.45) is 5.89. The number of hydrogen-bond donors (Lipinski definition) is 0. The molecular formula is C19H20N2OS. The SMILES string of the molecule is COc1ccc2ncc(-c3cccs3)c(N3CCCCC3)c2c1. The van der Waals surface area contributed by atoms with Gasteiger partial charge >= 0.3 is 0 Å². The molecule has 0 bridgehead atoms. The molecule has 118 valence electrons. The maximum absolute atomic E-state index is 5.45. The number of thiophene rings is 1. The number of pyridine rings is 1. The minimum absolute atomic E-state index is 0.890. The topological polar surface area (TPSA) is 25.4 Å². The number of anilines is 1. The van der Waals surface area contributed by atoms with E-state index in [9.17, 15) is 0 Å². The summed E-state index contributed by atoms with van der Waals surface area (Å²) in [5, 5.41) is 3.32. The lowest BCUT2D eigenvalue weighted by Gasteiger charge is -2.31. The van der Waals surface area contributed by atoms with Crippen molar-refractivity contribution in [2.75, 3.05) is 25.1 Å². The average molecular weight is 324 g/mol. The van der Waals surface area contributed by atoms with Gasteiger partial charge in [0.2, 0.25) is 0 Å². The molecule has 0 unspecified atom stereocenters. The van der Waals surface area contributed by atoms with Gasteiger partial charge in [-0.1, -0.05) is 6.07 Å². The molecule has 0 spiro atoms. The maximum Gasteiger partial charge on any atom is 0.119 e. The Morgan fingerprint density at radius 3 is 2.74 bits per heavy atom. The van der Waals surface area contributed by atoms with Crippen LogP contribution in [0, 0.1) is 0 Å². The van der Waals surface area contributed by atoms with Crippen LogP contribution < -0.4 is 9.64 Å². The predicted molar refractivity (Wildman–Crippen MR) is 97.7 cm³/mol. The zero-order valence-corrected chi connectivity index (χ0v) is 14.1. The molecule has 3 heterocycles. The molecule has 1 aromatic carbocycles. The van der Waals surface area contributed by atoms with Crippen LogP contribution in [-0.2, 0) is 0 Å². The summed E-state index contributed by atoms with van der Waals surface area (Å²) in [7, 11) is 1.72. The van der Waals surface area contributed by atoms with Crippen LogP contribution in [-0.4, -0.2) is 25.2 Å². The quantitative estimate of drug-likeness (QED) is 0.681. The molecule has 0 aliphatic carbocycles. The minimum Gasteiger partial charge on any atom is -0.497 e. The van der Waals surface area contributed by atoms with Crippen LogP contribution >= 0.6 is 11.3 Å². The number of fused-ring (bicyclic) bond motifs is 1. The molecule has 1 fully saturated rings. The third-order valence-electron chi connectivity index (χ3n) is 4.51. The Labute approximate surface area is 140 Å². The van der Waals surface area contributed by atoms with E-state index in [1.165, 1.54) is 40.8 Å². The van der Waals surface area contributed by atoms with Crippen LogP contribution in [0.2, 0.25) is 0 Å². The zero-order chi connectivity index (χ0) is 15.6. The average Bonchev–Trinajstić information content (AvgIpc) is 3.15. The van der Waals surface area contributed by atoms with Crippen molar-refractivity contribution in [2.24, 2.45) is 0 Å². The van der Waals surface area contributed by atoms with Gasteiger partial charge < -0.3 is 9.64 Å². The lowest BCUT2D eigenvalue weighted by Crippen LogP contribution is -2.30. The fraction of sp³-hybridized carbons (Fsp3) is 0.316. The molecule has 0 atom stereocenters. The molecule has 2 aromatic heterocycles. The largest absolute Gasteiger partial charge is 0.497 e. The van der Waals surface area contributed by atoms with Crippen molar-refractivity contribution in [3.63, 3.8) is 0 Å². The Bertz CT molecular complexity index is 808. The van der Waals surface area contributed by atoms with Crippen molar-refractivity contribution in [1.29, 1.82) is 0 Å². The fourth-order valence-electron chi connectivity index (χ4n) is 3.36. The standard InChI is InChI=1S/C19H20N2OS/c1-22-14-7-8-17-15(12-14)19(21-9-3-2-4-10-21)16(13-20-17)18-6-5-11-23-18/h5-8,11-13H,2-4,9-10H2,1H3. The number of piperidine rings is 1. The first-order chi connectivity index (χ1) is 11.4. The molecule has 0 N–H and O–H groups in total. The van der Waals surface area contributed by atoms with E-state index in [0.717, 1.165) is 24.4 Å². The lowest BCUT2D eigenvalue weighted by atomic mass is 10.0. The molecule has 0 radical (unpaired) electrons. The second-order valence-corrected chi connectivity index (χ2v) is 6.88. The van der Waals surface area contributed by atoms with Crippen molar-refractivity contribution in [3.8, 4) is 16.2 Å². The number of ether oxygens (including phenoxy) is 1. The summed E-state index contributed by atoms with van der Waals surface area (Å²) >= 11 is 1.77. The fourth-order valence-corrected chi connectivity index (χ4v) is 4.09. The van der Waals surface area contributed by atoms with E-state index in [4.69, 9.17) is 9.72 Å². The summed E-state index contributed by atoms with van der Waals surface area (Å²) in [5.74, 6) is 0.890. The first kappa shape index (κ1) is 14.5. The highest BCUT2D eigenvalue weighted by Crippen LogP contribution is 2.40. The van der Waals surface area contributed by atoms with Gasteiger partial charge in [0.25, 0.3) is 0 Å². The van der Waals surface area contributed by atoms with E-state index in [1.54, 1.807) is 18.4 Å². The van der Waals surface area contributed by atoms with Crippen molar-refractivity contribution in [1.82, 2.24) is 4.98 Å². The zero-order valence-electron chi connectivity index (χ0n) is 13.3. The Kier molecular flexibility index (Phi) is 3.92. The van der Waals surface area contributed by atoms with Crippen molar-refractivity contribution >= 4 is 27.9 Å². The van der Waals surface area contributed by atoms with E-state index >= 15 is 0 Å². The number of nitrogens with zero attached hydrogens (tertiary/aromatic N) is 2. The summed E-state index contributed by atoms with van der Waals surface area (Å²) in [5.41, 5.74) is 3.59. The van der Waals surface area contributed by atoms with Crippen LogP contribution in [0.1, 0.15) is 19.3 Å². The summed E-state index contributed by atoms with van der Waals surface area (Å²) in [6.45, 7) is 2.24. The van der Waals surface area contributed by atoms with Gasteiger partial charge in [-0.3, -0.25) is 4.98 Å². The lowest BCUT2D eigenvalue weighted by molar-refractivity contribution is 0.415. The Hall–Kier alpha value is -2.07. The highest BCUT2D eigenvalue weighted by atomic mass is 32.1. The van der Waals surface area contributed by atoms with E-state index in [1.807, 2.05) is 12.3 Å². The number of rotatable bonds is 3. The molecule has 0 saturated carbocycles. The van der Waals surface area contributed by atoms with Crippen molar-refractivity contribution in [3.05, 3.63) is 41.9 Å².